The van der Waals surface area contributed by atoms with E-state index in [0.29, 0.717) is 31.2 Å². The van der Waals surface area contributed by atoms with Gasteiger partial charge in [0.25, 0.3) is 5.91 Å². The highest BCUT2D eigenvalue weighted by molar-refractivity contribution is 5.92. The third-order valence-electron chi connectivity index (χ3n) is 5.74. The number of nitrogens with zero attached hydrogens (tertiary/aromatic N) is 3. The van der Waals surface area contributed by atoms with Crippen LogP contribution in [0.1, 0.15) is 62.6 Å². The van der Waals surface area contributed by atoms with Gasteiger partial charge in [0.15, 0.2) is 0 Å². The zero-order valence-corrected chi connectivity index (χ0v) is 16.7. The molecule has 146 valence electrons. The summed E-state index contributed by atoms with van der Waals surface area (Å²) < 4.78 is 13.7. The second-order valence-corrected chi connectivity index (χ2v) is 8.01. The number of carbonyl (C=O) groups is 1. The van der Waals surface area contributed by atoms with Crippen LogP contribution < -0.4 is 0 Å². The van der Waals surface area contributed by atoms with Crippen LogP contribution in [0.25, 0.3) is 0 Å². The first kappa shape index (κ1) is 19.4. The molecule has 0 radical (unpaired) electrons. The Morgan fingerprint density at radius 3 is 2.77 bits per heavy atom. The lowest BCUT2D eigenvalue weighted by Gasteiger charge is -2.47. The molecule has 2 aliphatic rings. The Kier molecular flexibility index (Phi) is 6.03. The molecule has 6 nitrogen and oxygen atoms in total. The Bertz CT molecular complexity index is 618. The predicted octanol–water partition coefficient (Wildman–Crippen LogP) is 2.90. The first-order chi connectivity index (χ1) is 12.5. The maximum Gasteiger partial charge on any atom is 0.272 e. The molecular formula is C20H33N3O3. The van der Waals surface area contributed by atoms with E-state index in [1.807, 2.05) is 22.6 Å². The van der Waals surface area contributed by atoms with E-state index in [-0.39, 0.29) is 17.6 Å². The molecule has 0 saturated carbocycles. The number of rotatable bonds is 5. The lowest BCUT2D eigenvalue weighted by Crippen LogP contribution is -2.56. The maximum atomic E-state index is 13.1. The van der Waals surface area contributed by atoms with Gasteiger partial charge in [0.2, 0.25) is 0 Å². The Morgan fingerprint density at radius 1 is 1.42 bits per heavy atom. The zero-order chi connectivity index (χ0) is 18.7. The van der Waals surface area contributed by atoms with Crippen molar-refractivity contribution in [3.63, 3.8) is 0 Å². The van der Waals surface area contributed by atoms with Gasteiger partial charge in [-0.3, -0.25) is 9.48 Å². The average Bonchev–Trinajstić information content (AvgIpc) is 3.04. The van der Waals surface area contributed by atoms with Gasteiger partial charge in [0, 0.05) is 33.4 Å². The number of aromatic nitrogens is 2. The summed E-state index contributed by atoms with van der Waals surface area (Å²) in [7, 11) is 1.77. The van der Waals surface area contributed by atoms with Crippen molar-refractivity contribution in [2.45, 2.75) is 71.1 Å². The molecule has 1 aromatic heterocycles. The first-order valence-corrected chi connectivity index (χ1v) is 10.0. The molecule has 0 N–H and O–H groups in total. The number of likely N-dealkylation sites (tertiary alicyclic amines) is 1. The predicted molar refractivity (Wildman–Crippen MR) is 100 cm³/mol. The summed E-state index contributed by atoms with van der Waals surface area (Å²) in [5, 5.41) is 4.62. The first-order valence-electron chi connectivity index (χ1n) is 10.0. The molecular weight excluding hydrogens is 330 g/mol. The minimum absolute atomic E-state index is 0.0917. The minimum Gasteiger partial charge on any atom is -0.378 e. The molecule has 6 heteroatoms. The van der Waals surface area contributed by atoms with Crippen molar-refractivity contribution in [2.75, 3.05) is 26.8 Å². The summed E-state index contributed by atoms with van der Waals surface area (Å²) in [6.45, 7) is 9.33. The van der Waals surface area contributed by atoms with Crippen LogP contribution in [0.4, 0.5) is 0 Å². The third kappa shape index (κ3) is 3.81. The molecule has 3 rings (SSSR count). The van der Waals surface area contributed by atoms with Crippen LogP contribution in [-0.2, 0) is 22.4 Å². The van der Waals surface area contributed by atoms with E-state index in [1.54, 1.807) is 7.11 Å². The zero-order valence-electron chi connectivity index (χ0n) is 16.7. The SMILES string of the molecule is CCn1nc(CC(C)C)cc1C(=O)N1CCC2(CC1)OCCCC2OC. The van der Waals surface area contributed by atoms with Gasteiger partial charge in [-0.15, -0.1) is 0 Å². The average molecular weight is 364 g/mol. The minimum atomic E-state index is -0.211. The molecule has 1 amide bonds. The molecule has 2 fully saturated rings. The van der Waals surface area contributed by atoms with Crippen molar-refractivity contribution in [3.05, 3.63) is 17.5 Å². The second kappa shape index (κ2) is 8.09. The van der Waals surface area contributed by atoms with Crippen molar-refractivity contribution >= 4 is 5.91 Å². The molecule has 1 aromatic rings. The van der Waals surface area contributed by atoms with Crippen molar-refractivity contribution in [2.24, 2.45) is 5.92 Å². The molecule has 1 spiro atoms. The number of piperidine rings is 1. The van der Waals surface area contributed by atoms with Crippen LogP contribution in [0.15, 0.2) is 6.07 Å². The molecule has 3 heterocycles. The summed E-state index contributed by atoms with van der Waals surface area (Å²) in [5.74, 6) is 0.622. The lowest BCUT2D eigenvalue weighted by atomic mass is 9.82. The Labute approximate surface area is 156 Å². The third-order valence-corrected chi connectivity index (χ3v) is 5.74. The van der Waals surface area contributed by atoms with E-state index in [2.05, 4.69) is 18.9 Å². The van der Waals surface area contributed by atoms with E-state index in [4.69, 9.17) is 9.47 Å². The van der Waals surface area contributed by atoms with Crippen LogP contribution in [0.5, 0.6) is 0 Å². The Hall–Kier alpha value is -1.40. The molecule has 0 aromatic carbocycles. The number of carbonyl (C=O) groups excluding carboxylic acids is 1. The summed E-state index contributed by atoms with van der Waals surface area (Å²) in [4.78, 5) is 15.1. The highest BCUT2D eigenvalue weighted by Crippen LogP contribution is 2.37. The van der Waals surface area contributed by atoms with Crippen LogP contribution in [-0.4, -0.2) is 59.1 Å². The van der Waals surface area contributed by atoms with Crippen molar-refractivity contribution in [1.29, 1.82) is 0 Å². The van der Waals surface area contributed by atoms with Crippen LogP contribution in [0, 0.1) is 5.92 Å². The Morgan fingerprint density at radius 2 is 2.15 bits per heavy atom. The van der Waals surface area contributed by atoms with Crippen molar-refractivity contribution in [1.82, 2.24) is 14.7 Å². The summed E-state index contributed by atoms with van der Waals surface area (Å²) in [6, 6.07) is 1.98. The lowest BCUT2D eigenvalue weighted by molar-refractivity contribution is -0.183. The summed E-state index contributed by atoms with van der Waals surface area (Å²) >= 11 is 0. The molecule has 2 saturated heterocycles. The van der Waals surface area contributed by atoms with Gasteiger partial charge in [-0.25, -0.2) is 0 Å². The number of ether oxygens (including phenoxy) is 2. The van der Waals surface area contributed by atoms with Gasteiger partial charge in [-0.2, -0.15) is 5.10 Å². The number of hydrogen-bond acceptors (Lipinski definition) is 4. The topological polar surface area (TPSA) is 56.6 Å². The van der Waals surface area contributed by atoms with E-state index in [9.17, 15) is 4.79 Å². The number of hydrogen-bond donors (Lipinski definition) is 0. The summed E-state index contributed by atoms with van der Waals surface area (Å²) in [6.07, 6.45) is 4.84. The quantitative estimate of drug-likeness (QED) is 0.807. The van der Waals surface area contributed by atoms with Crippen molar-refractivity contribution in [3.8, 4) is 0 Å². The number of amides is 1. The van der Waals surface area contributed by atoms with Gasteiger partial charge in [0.1, 0.15) is 5.69 Å². The molecule has 1 unspecified atom stereocenters. The summed E-state index contributed by atoms with van der Waals surface area (Å²) in [5.41, 5.74) is 1.51. The molecule has 0 bridgehead atoms. The smallest absolute Gasteiger partial charge is 0.272 e. The second-order valence-electron chi connectivity index (χ2n) is 8.01. The fourth-order valence-corrected chi connectivity index (χ4v) is 4.35. The van der Waals surface area contributed by atoms with Gasteiger partial charge in [-0.05, 0) is 51.0 Å². The van der Waals surface area contributed by atoms with E-state index >= 15 is 0 Å². The van der Waals surface area contributed by atoms with Gasteiger partial charge in [0.05, 0.1) is 17.4 Å². The fraction of sp³-hybridized carbons (Fsp3) is 0.800. The molecule has 26 heavy (non-hydrogen) atoms. The molecule has 1 atom stereocenters. The van der Waals surface area contributed by atoms with Gasteiger partial charge in [-0.1, -0.05) is 13.8 Å². The largest absolute Gasteiger partial charge is 0.378 e. The van der Waals surface area contributed by atoms with Crippen LogP contribution in [0.2, 0.25) is 0 Å². The van der Waals surface area contributed by atoms with Crippen LogP contribution in [0.3, 0.4) is 0 Å². The van der Waals surface area contributed by atoms with E-state index in [1.165, 1.54) is 0 Å². The van der Waals surface area contributed by atoms with Gasteiger partial charge < -0.3 is 14.4 Å². The highest BCUT2D eigenvalue weighted by Gasteiger charge is 2.45. The number of aryl methyl sites for hydroxylation is 1. The fourth-order valence-electron chi connectivity index (χ4n) is 4.35. The van der Waals surface area contributed by atoms with E-state index in [0.717, 1.165) is 44.4 Å². The van der Waals surface area contributed by atoms with Gasteiger partial charge >= 0.3 is 0 Å². The maximum absolute atomic E-state index is 13.1. The molecule has 0 aliphatic carbocycles. The van der Waals surface area contributed by atoms with E-state index < -0.39 is 0 Å². The standard InChI is InChI=1S/C20H33N3O3/c1-5-23-17(14-16(21-23)13-15(2)3)19(24)22-10-8-20(9-11-22)18(25-4)7-6-12-26-20/h14-15,18H,5-13H2,1-4H3. The van der Waals surface area contributed by atoms with Crippen LogP contribution >= 0.6 is 0 Å². The molecule has 2 aliphatic heterocycles. The normalized spacial score (nSPS) is 23.0. The van der Waals surface area contributed by atoms with Crippen molar-refractivity contribution < 1.29 is 14.3 Å². The Balaban J connectivity index is 1.69. The number of methoxy groups -OCH3 is 1. The monoisotopic (exact) mass is 363 g/mol. The highest BCUT2D eigenvalue weighted by atomic mass is 16.5.